The second-order valence-electron chi connectivity index (χ2n) is 6.36. The fourth-order valence-electron chi connectivity index (χ4n) is 2.66. The van der Waals surface area contributed by atoms with Crippen molar-refractivity contribution in [1.82, 2.24) is 15.1 Å². The van der Waals surface area contributed by atoms with Gasteiger partial charge in [-0.05, 0) is 24.3 Å². The molecule has 27 heavy (non-hydrogen) atoms. The first-order valence-corrected chi connectivity index (χ1v) is 9.21. The standard InChI is InChI=1S/C18H20Cl2N4O3/c1-23(2)16-5-6-17(22-21-16)27-13-7-8-24(10-13)18(25)11-26-15-4-3-12(19)9-14(15)20/h3-6,9,13H,7-8,10-11H2,1-2H3. The van der Waals surface area contributed by atoms with Gasteiger partial charge in [0, 0.05) is 38.1 Å². The maximum atomic E-state index is 12.4. The van der Waals surface area contributed by atoms with E-state index in [0.29, 0.717) is 34.8 Å². The van der Waals surface area contributed by atoms with Crippen molar-refractivity contribution in [2.24, 2.45) is 0 Å². The summed E-state index contributed by atoms with van der Waals surface area (Å²) in [5, 5.41) is 9.03. The molecule has 2 heterocycles. The smallest absolute Gasteiger partial charge is 0.260 e. The van der Waals surface area contributed by atoms with Gasteiger partial charge in [0.1, 0.15) is 11.9 Å². The monoisotopic (exact) mass is 410 g/mol. The molecule has 1 unspecified atom stereocenters. The third-order valence-corrected chi connectivity index (χ3v) is 4.64. The lowest BCUT2D eigenvalue weighted by molar-refractivity contribution is -0.132. The fourth-order valence-corrected chi connectivity index (χ4v) is 3.12. The van der Waals surface area contributed by atoms with E-state index >= 15 is 0 Å². The predicted molar refractivity (Wildman–Crippen MR) is 104 cm³/mol. The Morgan fingerprint density at radius 2 is 2.07 bits per heavy atom. The molecule has 1 amide bonds. The van der Waals surface area contributed by atoms with Crippen LogP contribution in [0.4, 0.5) is 5.82 Å². The van der Waals surface area contributed by atoms with E-state index in [1.807, 2.05) is 25.1 Å². The van der Waals surface area contributed by atoms with Crippen molar-refractivity contribution < 1.29 is 14.3 Å². The second kappa shape index (κ2) is 8.63. The molecular formula is C18H20Cl2N4O3. The third kappa shape index (κ3) is 5.14. The van der Waals surface area contributed by atoms with Crippen LogP contribution in [-0.2, 0) is 4.79 Å². The molecule has 0 aliphatic carbocycles. The summed E-state index contributed by atoms with van der Waals surface area (Å²) in [6, 6.07) is 8.49. The number of anilines is 1. The zero-order valence-corrected chi connectivity index (χ0v) is 16.6. The van der Waals surface area contributed by atoms with Crippen molar-refractivity contribution >= 4 is 34.9 Å². The summed E-state index contributed by atoms with van der Waals surface area (Å²) in [7, 11) is 3.79. The van der Waals surface area contributed by atoms with Crippen molar-refractivity contribution in [3.8, 4) is 11.6 Å². The van der Waals surface area contributed by atoms with E-state index in [2.05, 4.69) is 10.2 Å². The summed E-state index contributed by atoms with van der Waals surface area (Å²) in [5.74, 6) is 1.51. The summed E-state index contributed by atoms with van der Waals surface area (Å²) in [6.45, 7) is 0.990. The minimum Gasteiger partial charge on any atom is -0.482 e. The Balaban J connectivity index is 1.49. The molecule has 1 atom stereocenters. The van der Waals surface area contributed by atoms with Gasteiger partial charge in [0.05, 0.1) is 11.6 Å². The number of likely N-dealkylation sites (tertiary alicyclic amines) is 1. The minimum atomic E-state index is -0.124. The molecule has 1 aromatic heterocycles. The van der Waals surface area contributed by atoms with Gasteiger partial charge in [-0.3, -0.25) is 4.79 Å². The van der Waals surface area contributed by atoms with Crippen molar-refractivity contribution in [2.45, 2.75) is 12.5 Å². The van der Waals surface area contributed by atoms with Gasteiger partial charge in [-0.15, -0.1) is 10.2 Å². The highest BCUT2D eigenvalue weighted by Gasteiger charge is 2.28. The van der Waals surface area contributed by atoms with Crippen LogP contribution in [0.25, 0.3) is 0 Å². The largest absolute Gasteiger partial charge is 0.482 e. The topological polar surface area (TPSA) is 67.8 Å². The summed E-state index contributed by atoms with van der Waals surface area (Å²) in [6.07, 6.45) is 0.609. The molecule has 1 saturated heterocycles. The fraction of sp³-hybridized carbons (Fsp3) is 0.389. The Morgan fingerprint density at radius 1 is 1.26 bits per heavy atom. The van der Waals surface area contributed by atoms with Crippen LogP contribution in [0.1, 0.15) is 6.42 Å². The van der Waals surface area contributed by atoms with Crippen LogP contribution < -0.4 is 14.4 Å². The quantitative estimate of drug-likeness (QED) is 0.728. The lowest BCUT2D eigenvalue weighted by atomic mass is 10.3. The average molecular weight is 411 g/mol. The number of amides is 1. The molecule has 1 aliphatic rings. The van der Waals surface area contributed by atoms with Gasteiger partial charge in [-0.1, -0.05) is 23.2 Å². The van der Waals surface area contributed by atoms with Crippen molar-refractivity contribution in [3.63, 3.8) is 0 Å². The Bertz CT molecular complexity index is 802. The average Bonchev–Trinajstić information content (AvgIpc) is 3.10. The van der Waals surface area contributed by atoms with E-state index in [4.69, 9.17) is 32.7 Å². The van der Waals surface area contributed by atoms with Gasteiger partial charge in [-0.2, -0.15) is 0 Å². The molecule has 0 radical (unpaired) electrons. The van der Waals surface area contributed by atoms with E-state index in [0.717, 1.165) is 12.2 Å². The van der Waals surface area contributed by atoms with Crippen molar-refractivity contribution in [3.05, 3.63) is 40.4 Å². The van der Waals surface area contributed by atoms with Gasteiger partial charge in [0.15, 0.2) is 12.4 Å². The molecular weight excluding hydrogens is 391 g/mol. The normalized spacial score (nSPS) is 16.3. The van der Waals surface area contributed by atoms with Crippen LogP contribution in [0.3, 0.4) is 0 Å². The first-order chi connectivity index (χ1) is 12.9. The molecule has 7 nitrogen and oxygen atoms in total. The predicted octanol–water partition coefficient (Wildman–Crippen LogP) is 2.91. The molecule has 0 bridgehead atoms. The van der Waals surface area contributed by atoms with Gasteiger partial charge >= 0.3 is 0 Å². The maximum absolute atomic E-state index is 12.4. The van der Waals surface area contributed by atoms with E-state index in [1.165, 1.54) is 0 Å². The lowest BCUT2D eigenvalue weighted by Crippen LogP contribution is -2.34. The SMILES string of the molecule is CN(C)c1ccc(OC2CCN(C(=O)COc3ccc(Cl)cc3Cl)C2)nn1. The number of hydrogen-bond donors (Lipinski definition) is 0. The molecule has 1 aliphatic heterocycles. The number of benzene rings is 1. The molecule has 144 valence electrons. The van der Waals surface area contributed by atoms with Crippen LogP contribution in [0.2, 0.25) is 10.0 Å². The first kappa shape index (κ1) is 19.5. The Labute approximate surface area is 167 Å². The van der Waals surface area contributed by atoms with E-state index in [9.17, 15) is 4.79 Å². The third-order valence-electron chi connectivity index (χ3n) is 4.11. The van der Waals surface area contributed by atoms with Crippen LogP contribution in [-0.4, -0.2) is 60.9 Å². The zero-order chi connectivity index (χ0) is 19.4. The highest BCUT2D eigenvalue weighted by atomic mass is 35.5. The molecule has 0 N–H and O–H groups in total. The second-order valence-corrected chi connectivity index (χ2v) is 7.20. The van der Waals surface area contributed by atoms with Gasteiger partial charge in [0.25, 0.3) is 5.91 Å². The number of nitrogens with zero attached hydrogens (tertiary/aromatic N) is 4. The highest BCUT2D eigenvalue weighted by molar-refractivity contribution is 6.35. The Hall–Kier alpha value is -2.25. The van der Waals surface area contributed by atoms with Crippen molar-refractivity contribution in [2.75, 3.05) is 38.7 Å². The van der Waals surface area contributed by atoms with E-state index in [1.54, 1.807) is 29.2 Å². The molecule has 3 rings (SSSR count). The van der Waals surface area contributed by atoms with Crippen molar-refractivity contribution in [1.29, 1.82) is 0 Å². The number of halogens is 2. The zero-order valence-electron chi connectivity index (χ0n) is 15.1. The molecule has 0 spiro atoms. The number of hydrogen-bond acceptors (Lipinski definition) is 6. The summed E-state index contributed by atoms with van der Waals surface area (Å²) >= 11 is 11.9. The van der Waals surface area contributed by atoms with Gasteiger partial charge < -0.3 is 19.3 Å². The highest BCUT2D eigenvalue weighted by Crippen LogP contribution is 2.27. The molecule has 1 aromatic carbocycles. The summed E-state index contributed by atoms with van der Waals surface area (Å²) in [4.78, 5) is 15.9. The van der Waals surface area contributed by atoms with Gasteiger partial charge in [0.2, 0.25) is 5.88 Å². The van der Waals surface area contributed by atoms with Gasteiger partial charge in [-0.25, -0.2) is 0 Å². The van der Waals surface area contributed by atoms with Crippen LogP contribution in [0.15, 0.2) is 30.3 Å². The number of ether oxygens (including phenoxy) is 2. The Kier molecular flexibility index (Phi) is 6.23. The number of aromatic nitrogens is 2. The molecule has 9 heteroatoms. The summed E-state index contributed by atoms with van der Waals surface area (Å²) in [5.41, 5.74) is 0. The summed E-state index contributed by atoms with van der Waals surface area (Å²) < 4.78 is 11.3. The number of carbonyl (C=O) groups is 1. The Morgan fingerprint density at radius 3 is 2.74 bits per heavy atom. The molecule has 0 saturated carbocycles. The first-order valence-electron chi connectivity index (χ1n) is 8.45. The number of carbonyl (C=O) groups excluding carboxylic acids is 1. The minimum absolute atomic E-state index is 0.0919. The molecule has 2 aromatic rings. The van der Waals surface area contributed by atoms with E-state index in [-0.39, 0.29) is 18.6 Å². The number of rotatable bonds is 6. The molecule has 1 fully saturated rings. The van der Waals surface area contributed by atoms with Crippen LogP contribution in [0, 0.1) is 0 Å². The van der Waals surface area contributed by atoms with Crippen LogP contribution >= 0.6 is 23.2 Å². The van der Waals surface area contributed by atoms with E-state index < -0.39 is 0 Å². The van der Waals surface area contributed by atoms with Crippen LogP contribution in [0.5, 0.6) is 11.6 Å². The lowest BCUT2D eigenvalue weighted by Gasteiger charge is -2.17. The maximum Gasteiger partial charge on any atom is 0.260 e.